The van der Waals surface area contributed by atoms with Crippen molar-refractivity contribution in [3.05, 3.63) is 29.8 Å². The van der Waals surface area contributed by atoms with E-state index >= 15 is 0 Å². The van der Waals surface area contributed by atoms with E-state index in [2.05, 4.69) is 10.6 Å². The molecule has 0 aliphatic carbocycles. The van der Waals surface area contributed by atoms with E-state index in [4.69, 9.17) is 9.84 Å². The zero-order valence-corrected chi connectivity index (χ0v) is 11.9. The van der Waals surface area contributed by atoms with Crippen LogP contribution in [0, 0.1) is 0 Å². The quantitative estimate of drug-likeness (QED) is 0.675. The largest absolute Gasteiger partial charge is 0.480 e. The average molecular weight is 294 g/mol. The molecule has 0 saturated heterocycles. The molecule has 0 bridgehead atoms. The lowest BCUT2D eigenvalue weighted by atomic mass is 10.1. The van der Waals surface area contributed by atoms with E-state index in [0.29, 0.717) is 5.69 Å². The number of carboxylic acids is 1. The van der Waals surface area contributed by atoms with Crippen LogP contribution in [0.2, 0.25) is 0 Å². The molecule has 0 aliphatic rings. The van der Waals surface area contributed by atoms with Crippen molar-refractivity contribution >= 4 is 23.5 Å². The predicted octanol–water partition coefficient (Wildman–Crippen LogP) is 0.403. The van der Waals surface area contributed by atoms with Crippen LogP contribution in [0.4, 0.5) is 5.69 Å². The van der Waals surface area contributed by atoms with Gasteiger partial charge in [0.25, 0.3) is 5.91 Å². The van der Waals surface area contributed by atoms with Gasteiger partial charge in [-0.2, -0.15) is 0 Å². The van der Waals surface area contributed by atoms with Gasteiger partial charge in [-0.1, -0.05) is 12.1 Å². The van der Waals surface area contributed by atoms with Crippen molar-refractivity contribution in [2.75, 3.05) is 19.0 Å². The molecule has 114 valence electrons. The summed E-state index contributed by atoms with van der Waals surface area (Å²) in [6.45, 7) is 1.23. The normalized spacial score (nSPS) is 11.5. The summed E-state index contributed by atoms with van der Waals surface area (Å²) >= 11 is 0. The maximum absolute atomic E-state index is 11.6. The van der Waals surface area contributed by atoms with E-state index in [1.165, 1.54) is 7.11 Å². The van der Waals surface area contributed by atoms with Gasteiger partial charge in [-0.3, -0.25) is 14.4 Å². The monoisotopic (exact) mass is 294 g/mol. The molecule has 0 aromatic heterocycles. The summed E-state index contributed by atoms with van der Waals surface area (Å²) in [7, 11) is 1.45. The Morgan fingerprint density at radius 3 is 2.38 bits per heavy atom. The van der Waals surface area contributed by atoms with E-state index in [9.17, 15) is 14.4 Å². The molecule has 0 radical (unpaired) electrons. The second-order valence-electron chi connectivity index (χ2n) is 4.41. The number of nitrogens with one attached hydrogen (secondary N) is 2. The number of hydrogen-bond acceptors (Lipinski definition) is 4. The van der Waals surface area contributed by atoms with Crippen LogP contribution in [0.15, 0.2) is 24.3 Å². The fourth-order valence-corrected chi connectivity index (χ4v) is 1.48. The lowest BCUT2D eigenvalue weighted by molar-refractivity contribution is -0.137. The van der Waals surface area contributed by atoms with Gasteiger partial charge in [0.1, 0.15) is 12.6 Å². The highest BCUT2D eigenvalue weighted by Crippen LogP contribution is 2.10. The number of amides is 2. The fraction of sp³-hybridized carbons (Fsp3) is 0.357. The van der Waals surface area contributed by atoms with Gasteiger partial charge >= 0.3 is 5.97 Å². The van der Waals surface area contributed by atoms with E-state index in [0.717, 1.165) is 5.56 Å². The maximum Gasteiger partial charge on any atom is 0.322 e. The first-order valence-corrected chi connectivity index (χ1v) is 6.33. The molecule has 2 amide bonds. The van der Waals surface area contributed by atoms with Crippen LogP contribution in [0.25, 0.3) is 0 Å². The van der Waals surface area contributed by atoms with Gasteiger partial charge in [0.05, 0.1) is 6.42 Å². The lowest BCUT2D eigenvalue weighted by Crippen LogP contribution is -2.30. The van der Waals surface area contributed by atoms with Crippen LogP contribution >= 0.6 is 0 Å². The van der Waals surface area contributed by atoms with Crippen LogP contribution in [-0.4, -0.2) is 42.6 Å². The van der Waals surface area contributed by atoms with Crippen molar-refractivity contribution in [1.29, 1.82) is 0 Å². The predicted molar refractivity (Wildman–Crippen MR) is 75.9 cm³/mol. The Bertz CT molecular complexity index is 513. The van der Waals surface area contributed by atoms with E-state index in [1.807, 2.05) is 0 Å². The standard InChI is InChI=1S/C14H18N2O5/c1-9(21-2)14(20)16-11-5-3-10(4-6-11)7-12(17)15-8-13(18)19/h3-6,9H,7-8H2,1-2H3,(H,15,17)(H,16,20)(H,18,19). The number of benzene rings is 1. The number of carbonyl (C=O) groups is 3. The van der Waals surface area contributed by atoms with E-state index < -0.39 is 18.6 Å². The molecule has 0 fully saturated rings. The van der Waals surface area contributed by atoms with Crippen molar-refractivity contribution in [1.82, 2.24) is 5.32 Å². The highest BCUT2D eigenvalue weighted by Gasteiger charge is 2.11. The van der Waals surface area contributed by atoms with Gasteiger partial charge in [-0.15, -0.1) is 0 Å². The molecule has 0 spiro atoms. The molecular weight excluding hydrogens is 276 g/mol. The minimum atomic E-state index is -1.09. The summed E-state index contributed by atoms with van der Waals surface area (Å²) in [4.78, 5) is 33.4. The summed E-state index contributed by atoms with van der Waals surface area (Å²) in [5.41, 5.74) is 1.31. The topological polar surface area (TPSA) is 105 Å². The van der Waals surface area contributed by atoms with Crippen LogP contribution in [0.1, 0.15) is 12.5 Å². The van der Waals surface area contributed by atoms with Crippen LogP contribution in [0.3, 0.4) is 0 Å². The number of ether oxygens (including phenoxy) is 1. The van der Waals surface area contributed by atoms with Gasteiger partial charge in [-0.25, -0.2) is 0 Å². The van der Waals surface area contributed by atoms with Crippen LogP contribution < -0.4 is 10.6 Å². The van der Waals surface area contributed by atoms with Crippen molar-refractivity contribution in [2.45, 2.75) is 19.4 Å². The minimum absolute atomic E-state index is 0.0793. The molecule has 1 unspecified atom stereocenters. The molecule has 7 nitrogen and oxygen atoms in total. The molecule has 3 N–H and O–H groups in total. The summed E-state index contributed by atoms with van der Waals surface area (Å²) in [6, 6.07) is 6.71. The van der Waals surface area contributed by atoms with Crippen molar-refractivity contribution in [3.63, 3.8) is 0 Å². The first kappa shape index (κ1) is 16.6. The smallest absolute Gasteiger partial charge is 0.322 e. The van der Waals surface area contributed by atoms with Gasteiger partial charge in [0.2, 0.25) is 5.91 Å². The molecule has 0 aliphatic heterocycles. The summed E-state index contributed by atoms with van der Waals surface area (Å²) in [5.74, 6) is -1.72. The minimum Gasteiger partial charge on any atom is -0.480 e. The highest BCUT2D eigenvalue weighted by atomic mass is 16.5. The lowest BCUT2D eigenvalue weighted by Gasteiger charge is -2.10. The highest BCUT2D eigenvalue weighted by molar-refractivity contribution is 5.93. The Labute approximate surface area is 122 Å². The summed E-state index contributed by atoms with van der Waals surface area (Å²) in [5, 5.41) is 13.4. The first-order chi connectivity index (χ1) is 9.92. The fourth-order valence-electron chi connectivity index (χ4n) is 1.48. The van der Waals surface area contributed by atoms with Crippen molar-refractivity contribution in [2.24, 2.45) is 0 Å². The SMILES string of the molecule is COC(C)C(=O)Nc1ccc(CC(=O)NCC(=O)O)cc1. The third kappa shape index (κ3) is 6.05. The maximum atomic E-state index is 11.6. The zero-order valence-electron chi connectivity index (χ0n) is 11.9. The third-order valence-electron chi connectivity index (χ3n) is 2.75. The molecular formula is C14H18N2O5. The number of methoxy groups -OCH3 is 1. The van der Waals surface area contributed by atoms with Crippen molar-refractivity contribution < 1.29 is 24.2 Å². The van der Waals surface area contributed by atoms with Gasteiger partial charge in [0.15, 0.2) is 0 Å². The molecule has 21 heavy (non-hydrogen) atoms. The summed E-state index contributed by atoms with van der Waals surface area (Å²) in [6.07, 6.45) is -0.470. The number of carbonyl (C=O) groups excluding carboxylic acids is 2. The van der Waals surface area contributed by atoms with E-state index in [1.54, 1.807) is 31.2 Å². The second-order valence-corrected chi connectivity index (χ2v) is 4.41. The Balaban J connectivity index is 2.52. The molecule has 1 atom stereocenters. The molecule has 7 heteroatoms. The van der Waals surface area contributed by atoms with Gasteiger partial charge < -0.3 is 20.5 Å². The van der Waals surface area contributed by atoms with Crippen LogP contribution in [0.5, 0.6) is 0 Å². The molecule has 1 rings (SSSR count). The van der Waals surface area contributed by atoms with Crippen molar-refractivity contribution in [3.8, 4) is 0 Å². The summed E-state index contributed by atoms with van der Waals surface area (Å²) < 4.78 is 4.89. The Hall–Kier alpha value is -2.41. The van der Waals surface area contributed by atoms with E-state index in [-0.39, 0.29) is 18.2 Å². The number of carboxylic acid groups (broad SMARTS) is 1. The Morgan fingerprint density at radius 2 is 1.86 bits per heavy atom. The Morgan fingerprint density at radius 1 is 1.24 bits per heavy atom. The zero-order chi connectivity index (χ0) is 15.8. The Kier molecular flexibility index (Phi) is 6.35. The number of anilines is 1. The number of hydrogen-bond donors (Lipinski definition) is 3. The second kappa shape index (κ2) is 8.01. The first-order valence-electron chi connectivity index (χ1n) is 6.33. The number of aliphatic carboxylic acids is 1. The molecule has 0 heterocycles. The molecule has 1 aromatic carbocycles. The third-order valence-corrected chi connectivity index (χ3v) is 2.75. The average Bonchev–Trinajstić information content (AvgIpc) is 2.46. The van der Waals surface area contributed by atoms with Gasteiger partial charge in [0, 0.05) is 12.8 Å². The van der Waals surface area contributed by atoms with Gasteiger partial charge in [-0.05, 0) is 24.6 Å². The number of rotatable bonds is 7. The van der Waals surface area contributed by atoms with Crippen LogP contribution in [-0.2, 0) is 25.5 Å². The molecule has 1 aromatic rings. The molecule has 0 saturated carbocycles.